The number of nitrogens with one attached hydrogen (secondary N) is 1. The van der Waals surface area contributed by atoms with Gasteiger partial charge in [-0.25, -0.2) is 9.37 Å². The molecule has 8 heteroatoms. The second-order valence-electron chi connectivity index (χ2n) is 7.16. The Balaban J connectivity index is 1.43. The molecule has 0 unspecified atom stereocenters. The number of hydrogen-bond donors (Lipinski definition) is 1. The van der Waals surface area contributed by atoms with Crippen LogP contribution in [0.2, 0.25) is 0 Å². The average Bonchev–Trinajstić information content (AvgIpc) is 2.74. The van der Waals surface area contributed by atoms with E-state index in [9.17, 15) is 9.18 Å². The van der Waals surface area contributed by atoms with E-state index in [0.29, 0.717) is 31.9 Å². The summed E-state index contributed by atoms with van der Waals surface area (Å²) in [6, 6.07) is 6.93. The fourth-order valence-corrected chi connectivity index (χ4v) is 3.62. The third kappa shape index (κ3) is 3.96. The first-order chi connectivity index (χ1) is 14.1. The number of fused-ring (bicyclic) bond motifs is 1. The molecule has 1 aliphatic rings. The van der Waals surface area contributed by atoms with Crippen LogP contribution in [-0.4, -0.2) is 46.0 Å². The van der Waals surface area contributed by atoms with Crippen molar-refractivity contribution in [2.75, 3.05) is 31.1 Å². The van der Waals surface area contributed by atoms with Crippen molar-refractivity contribution >= 4 is 16.9 Å². The molecule has 0 atom stereocenters. The highest BCUT2D eigenvalue weighted by molar-refractivity contribution is 5.74. The molecule has 148 valence electrons. The molecule has 3 aromatic rings. The van der Waals surface area contributed by atoms with Crippen LogP contribution < -0.4 is 10.5 Å². The molecule has 1 N–H and O–H groups in total. The third-order valence-corrected chi connectivity index (χ3v) is 5.24. The summed E-state index contributed by atoms with van der Waals surface area (Å²) in [5.41, 5.74) is 3.44. The molecule has 3 aromatic heterocycles. The average molecular weight is 392 g/mol. The summed E-state index contributed by atoms with van der Waals surface area (Å²) in [6.07, 6.45) is 3.91. The number of nitriles is 1. The molecule has 7 nitrogen and oxygen atoms in total. The van der Waals surface area contributed by atoms with Crippen molar-refractivity contribution < 1.29 is 4.39 Å². The highest BCUT2D eigenvalue weighted by atomic mass is 19.1. The molecule has 1 saturated heterocycles. The second kappa shape index (κ2) is 7.97. The number of rotatable bonds is 4. The molecule has 0 aromatic carbocycles. The lowest BCUT2D eigenvalue weighted by Gasteiger charge is -2.35. The SMILES string of the molecule is CCc1cc2ncc(CN3CCN(c4ncc(C#N)cc4F)CC3)cc2[nH]c1=O. The Labute approximate surface area is 167 Å². The summed E-state index contributed by atoms with van der Waals surface area (Å²) in [7, 11) is 0. The first kappa shape index (κ1) is 19.0. The molecular formula is C21H21FN6O. The van der Waals surface area contributed by atoms with Crippen LogP contribution in [0.25, 0.3) is 11.0 Å². The number of piperazine rings is 1. The highest BCUT2D eigenvalue weighted by Gasteiger charge is 2.21. The number of nitrogens with zero attached hydrogens (tertiary/aromatic N) is 5. The van der Waals surface area contributed by atoms with Gasteiger partial charge in [-0.1, -0.05) is 6.92 Å². The van der Waals surface area contributed by atoms with E-state index in [1.165, 1.54) is 12.3 Å². The van der Waals surface area contributed by atoms with Crippen LogP contribution in [0.15, 0.2) is 35.4 Å². The molecule has 0 saturated carbocycles. The standard InChI is InChI=1S/C21H21FN6O/c1-2-16-9-18-19(26-21(16)29)8-15(12-24-18)13-27-3-5-28(6-4-27)20-17(22)7-14(10-23)11-25-20/h7-9,11-12H,2-6,13H2,1H3,(H,26,29). The number of aromatic amines is 1. The van der Waals surface area contributed by atoms with Gasteiger partial charge in [-0.05, 0) is 30.2 Å². The summed E-state index contributed by atoms with van der Waals surface area (Å²) in [4.78, 5) is 27.7. The lowest BCUT2D eigenvalue weighted by atomic mass is 10.1. The second-order valence-corrected chi connectivity index (χ2v) is 7.16. The Morgan fingerprint density at radius 3 is 2.66 bits per heavy atom. The molecule has 0 amide bonds. The molecule has 1 fully saturated rings. The zero-order chi connectivity index (χ0) is 20.4. The number of aryl methyl sites for hydroxylation is 1. The van der Waals surface area contributed by atoms with Crippen molar-refractivity contribution in [2.24, 2.45) is 0 Å². The number of H-pyrrole nitrogens is 1. The van der Waals surface area contributed by atoms with Gasteiger partial charge >= 0.3 is 0 Å². The highest BCUT2D eigenvalue weighted by Crippen LogP contribution is 2.20. The van der Waals surface area contributed by atoms with E-state index in [-0.39, 0.29) is 11.1 Å². The Bertz CT molecular complexity index is 1140. The van der Waals surface area contributed by atoms with E-state index in [1.54, 1.807) is 0 Å². The monoisotopic (exact) mass is 392 g/mol. The number of aromatic nitrogens is 3. The molecule has 0 aliphatic carbocycles. The van der Waals surface area contributed by atoms with Gasteiger partial charge in [-0.3, -0.25) is 14.7 Å². The predicted molar refractivity (Wildman–Crippen MR) is 108 cm³/mol. The fourth-order valence-electron chi connectivity index (χ4n) is 3.62. The zero-order valence-corrected chi connectivity index (χ0v) is 16.2. The molecule has 4 heterocycles. The van der Waals surface area contributed by atoms with Crippen LogP contribution in [0.4, 0.5) is 10.2 Å². The number of hydrogen-bond acceptors (Lipinski definition) is 6. The zero-order valence-electron chi connectivity index (χ0n) is 16.2. The number of pyridine rings is 3. The summed E-state index contributed by atoms with van der Waals surface area (Å²) in [5.74, 6) is -0.174. The normalized spacial score (nSPS) is 14.9. The summed E-state index contributed by atoms with van der Waals surface area (Å²) in [5, 5.41) is 8.84. The molecular weight excluding hydrogens is 371 g/mol. The summed E-state index contributed by atoms with van der Waals surface area (Å²) >= 11 is 0. The van der Waals surface area contributed by atoms with Crippen molar-refractivity contribution in [3.8, 4) is 6.07 Å². The van der Waals surface area contributed by atoms with Crippen molar-refractivity contribution in [3.63, 3.8) is 0 Å². The Morgan fingerprint density at radius 1 is 1.17 bits per heavy atom. The lowest BCUT2D eigenvalue weighted by Crippen LogP contribution is -2.46. The van der Waals surface area contributed by atoms with Crippen molar-refractivity contribution in [1.29, 1.82) is 5.26 Å². The van der Waals surface area contributed by atoms with Gasteiger partial charge in [-0.15, -0.1) is 0 Å². The minimum Gasteiger partial charge on any atom is -0.352 e. The van der Waals surface area contributed by atoms with Crippen LogP contribution in [0.3, 0.4) is 0 Å². The molecule has 29 heavy (non-hydrogen) atoms. The van der Waals surface area contributed by atoms with Gasteiger partial charge in [0.2, 0.25) is 0 Å². The quantitative estimate of drug-likeness (QED) is 0.732. The van der Waals surface area contributed by atoms with Crippen LogP contribution in [0, 0.1) is 17.1 Å². The topological polar surface area (TPSA) is 88.9 Å². The number of halogens is 1. The van der Waals surface area contributed by atoms with Gasteiger partial charge in [0.1, 0.15) is 6.07 Å². The van der Waals surface area contributed by atoms with Gasteiger partial charge < -0.3 is 9.88 Å². The Hall–Kier alpha value is -3.31. The van der Waals surface area contributed by atoms with Crippen molar-refractivity contribution in [3.05, 3.63) is 63.5 Å². The lowest BCUT2D eigenvalue weighted by molar-refractivity contribution is 0.248. The van der Waals surface area contributed by atoms with E-state index in [0.717, 1.165) is 35.2 Å². The van der Waals surface area contributed by atoms with Gasteiger partial charge in [0, 0.05) is 50.7 Å². The van der Waals surface area contributed by atoms with Crippen molar-refractivity contribution in [1.82, 2.24) is 19.9 Å². The van der Waals surface area contributed by atoms with Gasteiger partial charge in [0.05, 0.1) is 16.6 Å². The largest absolute Gasteiger partial charge is 0.352 e. The first-order valence-corrected chi connectivity index (χ1v) is 9.61. The Kier molecular flexibility index (Phi) is 5.23. The minimum atomic E-state index is -0.466. The van der Waals surface area contributed by atoms with Gasteiger partial charge in [0.25, 0.3) is 5.56 Å². The van der Waals surface area contributed by atoms with Crippen molar-refractivity contribution in [2.45, 2.75) is 19.9 Å². The van der Waals surface area contributed by atoms with Gasteiger partial charge in [0.15, 0.2) is 11.6 Å². The number of anilines is 1. The maximum absolute atomic E-state index is 14.2. The predicted octanol–water partition coefficient (Wildman–Crippen LogP) is 2.21. The van der Waals surface area contributed by atoms with Crippen LogP contribution in [0.1, 0.15) is 23.6 Å². The summed E-state index contributed by atoms with van der Waals surface area (Å²) in [6.45, 7) is 5.46. The first-order valence-electron chi connectivity index (χ1n) is 9.61. The molecule has 1 aliphatic heterocycles. The van der Waals surface area contributed by atoms with E-state index >= 15 is 0 Å². The van der Waals surface area contributed by atoms with Crippen LogP contribution in [-0.2, 0) is 13.0 Å². The summed E-state index contributed by atoms with van der Waals surface area (Å²) < 4.78 is 14.2. The third-order valence-electron chi connectivity index (χ3n) is 5.24. The molecule has 0 radical (unpaired) electrons. The maximum atomic E-state index is 14.2. The molecule has 0 bridgehead atoms. The molecule has 0 spiro atoms. The van der Waals surface area contributed by atoms with E-state index in [2.05, 4.69) is 19.9 Å². The van der Waals surface area contributed by atoms with E-state index < -0.39 is 5.82 Å². The van der Waals surface area contributed by atoms with Crippen LogP contribution in [0.5, 0.6) is 0 Å². The van der Waals surface area contributed by atoms with Crippen LogP contribution >= 0.6 is 0 Å². The molecule has 4 rings (SSSR count). The minimum absolute atomic E-state index is 0.0653. The fraction of sp³-hybridized carbons (Fsp3) is 0.333. The van der Waals surface area contributed by atoms with Gasteiger partial charge in [-0.2, -0.15) is 5.26 Å². The maximum Gasteiger partial charge on any atom is 0.251 e. The Morgan fingerprint density at radius 2 is 1.97 bits per heavy atom. The smallest absolute Gasteiger partial charge is 0.251 e. The van der Waals surface area contributed by atoms with E-state index in [4.69, 9.17) is 5.26 Å². The van der Waals surface area contributed by atoms with E-state index in [1.807, 2.05) is 36.2 Å².